The minimum absolute atomic E-state index is 0.441. The Morgan fingerprint density at radius 1 is 1.31 bits per heavy atom. The van der Waals surface area contributed by atoms with Crippen LogP contribution in [-0.4, -0.2) is 12.8 Å². The monoisotopic (exact) mass is 237 g/mol. The zero-order chi connectivity index (χ0) is 11.8. The minimum atomic E-state index is 0.441. The van der Waals surface area contributed by atoms with Crippen LogP contribution in [0, 0.1) is 0 Å². The smallest absolute Gasteiger partial charge is 0.0289 e. The molecule has 0 heterocycles. The largest absolute Gasteiger partial charge is 0.313 e. The van der Waals surface area contributed by atoms with Gasteiger partial charge in [-0.05, 0) is 43.8 Å². The molecular formula is C14H23NS. The van der Waals surface area contributed by atoms with Gasteiger partial charge in [0.1, 0.15) is 0 Å². The summed E-state index contributed by atoms with van der Waals surface area (Å²) in [6, 6.07) is 9.30. The topological polar surface area (TPSA) is 12.0 Å². The second kappa shape index (κ2) is 7.75. The summed E-state index contributed by atoms with van der Waals surface area (Å²) in [4.78, 5) is 1.40. The summed E-state index contributed by atoms with van der Waals surface area (Å²) in [5.41, 5.74) is 1.38. The normalized spacial score (nSPS) is 12.7. The molecule has 1 atom stereocenters. The van der Waals surface area contributed by atoms with Crippen molar-refractivity contribution in [1.82, 2.24) is 5.32 Å². The standard InChI is InChI=1S/C14H23NS/c1-4-5-6-10-16-14-9-7-8-13(11-14)12(2)15-3/h7-9,11-12,15H,4-6,10H2,1-3H3. The number of unbranched alkanes of at least 4 members (excludes halogenated alkanes) is 2. The van der Waals surface area contributed by atoms with Crippen LogP contribution in [0.2, 0.25) is 0 Å². The molecule has 0 amide bonds. The summed E-state index contributed by atoms with van der Waals surface area (Å²) in [5.74, 6) is 1.24. The van der Waals surface area contributed by atoms with E-state index in [9.17, 15) is 0 Å². The van der Waals surface area contributed by atoms with Gasteiger partial charge in [-0.25, -0.2) is 0 Å². The van der Waals surface area contributed by atoms with Crippen molar-refractivity contribution in [3.8, 4) is 0 Å². The van der Waals surface area contributed by atoms with Gasteiger partial charge >= 0.3 is 0 Å². The van der Waals surface area contributed by atoms with Gasteiger partial charge in [-0.15, -0.1) is 11.8 Å². The van der Waals surface area contributed by atoms with Crippen LogP contribution in [0.1, 0.15) is 44.7 Å². The van der Waals surface area contributed by atoms with E-state index in [-0.39, 0.29) is 0 Å². The van der Waals surface area contributed by atoms with Crippen molar-refractivity contribution in [3.63, 3.8) is 0 Å². The molecule has 0 aliphatic heterocycles. The maximum atomic E-state index is 3.28. The molecule has 0 saturated carbocycles. The van der Waals surface area contributed by atoms with Gasteiger partial charge in [-0.1, -0.05) is 31.9 Å². The first-order chi connectivity index (χ1) is 7.77. The Labute approximate surface area is 104 Å². The number of hydrogen-bond acceptors (Lipinski definition) is 2. The molecule has 1 unspecified atom stereocenters. The molecule has 2 heteroatoms. The van der Waals surface area contributed by atoms with Crippen molar-refractivity contribution < 1.29 is 0 Å². The first kappa shape index (κ1) is 13.6. The van der Waals surface area contributed by atoms with E-state index in [0.29, 0.717) is 6.04 Å². The Balaban J connectivity index is 2.47. The van der Waals surface area contributed by atoms with E-state index in [1.807, 2.05) is 18.8 Å². The summed E-state index contributed by atoms with van der Waals surface area (Å²) < 4.78 is 0. The highest BCUT2D eigenvalue weighted by molar-refractivity contribution is 7.99. The molecule has 0 spiro atoms. The molecule has 0 aliphatic rings. The molecule has 1 rings (SSSR count). The zero-order valence-electron chi connectivity index (χ0n) is 10.6. The van der Waals surface area contributed by atoms with Crippen molar-refractivity contribution in [2.45, 2.75) is 44.0 Å². The molecule has 0 fully saturated rings. The lowest BCUT2D eigenvalue weighted by atomic mass is 10.1. The van der Waals surface area contributed by atoms with Crippen LogP contribution in [0.25, 0.3) is 0 Å². The number of rotatable bonds is 7. The fourth-order valence-electron chi connectivity index (χ4n) is 1.58. The SMILES string of the molecule is CCCCCSc1cccc(C(C)NC)c1. The zero-order valence-corrected chi connectivity index (χ0v) is 11.4. The van der Waals surface area contributed by atoms with E-state index < -0.39 is 0 Å². The lowest BCUT2D eigenvalue weighted by molar-refractivity contribution is 0.651. The molecule has 1 N–H and O–H groups in total. The van der Waals surface area contributed by atoms with E-state index in [2.05, 4.69) is 43.4 Å². The third-order valence-corrected chi connectivity index (χ3v) is 3.89. The second-order valence-electron chi connectivity index (χ2n) is 4.14. The lowest BCUT2D eigenvalue weighted by Gasteiger charge is -2.11. The lowest BCUT2D eigenvalue weighted by Crippen LogP contribution is -2.11. The fourth-order valence-corrected chi connectivity index (χ4v) is 2.56. The Hall–Kier alpha value is -0.470. The molecule has 0 saturated heterocycles. The Kier molecular flexibility index (Phi) is 6.58. The van der Waals surface area contributed by atoms with Crippen LogP contribution in [0.3, 0.4) is 0 Å². The van der Waals surface area contributed by atoms with E-state index in [1.54, 1.807) is 0 Å². The van der Waals surface area contributed by atoms with Crippen LogP contribution in [0.5, 0.6) is 0 Å². The van der Waals surface area contributed by atoms with E-state index in [0.717, 1.165) is 0 Å². The van der Waals surface area contributed by atoms with Gasteiger partial charge in [0.15, 0.2) is 0 Å². The van der Waals surface area contributed by atoms with Crippen molar-refractivity contribution >= 4 is 11.8 Å². The van der Waals surface area contributed by atoms with Gasteiger partial charge in [0.05, 0.1) is 0 Å². The predicted molar refractivity (Wildman–Crippen MR) is 74.2 cm³/mol. The van der Waals surface area contributed by atoms with E-state index in [1.165, 1.54) is 35.5 Å². The third kappa shape index (κ3) is 4.58. The average Bonchev–Trinajstić information content (AvgIpc) is 2.34. The predicted octanol–water partition coefficient (Wildman–Crippen LogP) is 4.25. The van der Waals surface area contributed by atoms with Gasteiger partial charge in [0.2, 0.25) is 0 Å². The van der Waals surface area contributed by atoms with E-state index >= 15 is 0 Å². The van der Waals surface area contributed by atoms with Crippen LogP contribution < -0.4 is 5.32 Å². The first-order valence-corrected chi connectivity index (χ1v) is 7.16. The van der Waals surface area contributed by atoms with Gasteiger partial charge in [-0.3, -0.25) is 0 Å². The summed E-state index contributed by atoms with van der Waals surface area (Å²) in [5, 5.41) is 3.28. The van der Waals surface area contributed by atoms with E-state index in [4.69, 9.17) is 0 Å². The summed E-state index contributed by atoms with van der Waals surface area (Å²) in [6.45, 7) is 4.45. The van der Waals surface area contributed by atoms with Crippen LogP contribution >= 0.6 is 11.8 Å². The number of thioether (sulfide) groups is 1. The summed E-state index contributed by atoms with van der Waals surface area (Å²) in [6.07, 6.45) is 3.98. The van der Waals surface area contributed by atoms with Gasteiger partial charge < -0.3 is 5.32 Å². The number of benzene rings is 1. The highest BCUT2D eigenvalue weighted by Gasteiger charge is 2.02. The first-order valence-electron chi connectivity index (χ1n) is 6.18. The number of nitrogens with one attached hydrogen (secondary N) is 1. The highest BCUT2D eigenvalue weighted by atomic mass is 32.2. The quantitative estimate of drug-likeness (QED) is 0.562. The Bertz CT molecular complexity index is 299. The van der Waals surface area contributed by atoms with Crippen molar-refractivity contribution in [2.75, 3.05) is 12.8 Å². The highest BCUT2D eigenvalue weighted by Crippen LogP contribution is 2.23. The second-order valence-corrected chi connectivity index (χ2v) is 5.31. The van der Waals surface area contributed by atoms with Gasteiger partial charge in [-0.2, -0.15) is 0 Å². The van der Waals surface area contributed by atoms with Crippen molar-refractivity contribution in [1.29, 1.82) is 0 Å². The number of hydrogen-bond donors (Lipinski definition) is 1. The van der Waals surface area contributed by atoms with Crippen molar-refractivity contribution in [3.05, 3.63) is 29.8 Å². The summed E-state index contributed by atoms with van der Waals surface area (Å²) in [7, 11) is 2.01. The molecule has 1 aromatic carbocycles. The maximum Gasteiger partial charge on any atom is 0.0289 e. The molecule has 90 valence electrons. The Morgan fingerprint density at radius 3 is 2.81 bits per heavy atom. The Morgan fingerprint density at radius 2 is 2.12 bits per heavy atom. The molecular weight excluding hydrogens is 214 g/mol. The van der Waals surface area contributed by atoms with Crippen LogP contribution in [0.4, 0.5) is 0 Å². The molecule has 0 bridgehead atoms. The van der Waals surface area contributed by atoms with Crippen LogP contribution in [0.15, 0.2) is 29.2 Å². The fraction of sp³-hybridized carbons (Fsp3) is 0.571. The molecule has 0 radical (unpaired) electrons. The van der Waals surface area contributed by atoms with Crippen LogP contribution in [-0.2, 0) is 0 Å². The molecule has 0 aromatic heterocycles. The maximum absolute atomic E-state index is 3.28. The average molecular weight is 237 g/mol. The third-order valence-electron chi connectivity index (χ3n) is 2.81. The minimum Gasteiger partial charge on any atom is -0.313 e. The van der Waals surface area contributed by atoms with Gasteiger partial charge in [0.25, 0.3) is 0 Å². The molecule has 16 heavy (non-hydrogen) atoms. The summed E-state index contributed by atoms with van der Waals surface area (Å²) >= 11 is 1.97. The molecule has 1 nitrogen and oxygen atoms in total. The van der Waals surface area contributed by atoms with Crippen molar-refractivity contribution in [2.24, 2.45) is 0 Å². The molecule has 0 aliphatic carbocycles. The van der Waals surface area contributed by atoms with Gasteiger partial charge in [0, 0.05) is 10.9 Å². The molecule has 1 aromatic rings.